The minimum Gasteiger partial charge on any atom is -0.457 e. The molecule has 0 radical (unpaired) electrons. The fourth-order valence-electron chi connectivity index (χ4n) is 4.24. The van der Waals surface area contributed by atoms with Crippen LogP contribution in [0.4, 0.5) is 5.69 Å². The summed E-state index contributed by atoms with van der Waals surface area (Å²) in [6.45, 7) is 1.84. The number of benzene rings is 3. The Morgan fingerprint density at radius 2 is 1.59 bits per heavy atom. The molecular weight excluding hydrogens is 534 g/mol. The molecule has 7 nitrogen and oxygen atoms in total. The lowest BCUT2D eigenvalue weighted by Crippen LogP contribution is -2.22. The maximum atomic E-state index is 13.1. The van der Waals surface area contributed by atoms with E-state index in [9.17, 15) is 9.59 Å². The van der Waals surface area contributed by atoms with Gasteiger partial charge in [-0.05, 0) is 84.2 Å². The van der Waals surface area contributed by atoms with Gasteiger partial charge in [-0.3, -0.25) is 9.59 Å². The monoisotopic (exact) mass is 557 g/mol. The summed E-state index contributed by atoms with van der Waals surface area (Å²) in [7, 11) is 0. The number of para-hydroxylation sites is 1. The van der Waals surface area contributed by atoms with Crippen molar-refractivity contribution < 1.29 is 18.7 Å². The van der Waals surface area contributed by atoms with Crippen molar-refractivity contribution in [1.29, 1.82) is 0 Å². The molecule has 1 aliphatic rings. The van der Waals surface area contributed by atoms with Gasteiger partial charge in [0, 0.05) is 27.7 Å². The van der Waals surface area contributed by atoms with Crippen molar-refractivity contribution in [2.24, 2.45) is 5.10 Å². The Morgan fingerprint density at radius 1 is 0.892 bits per heavy atom. The molecule has 0 saturated heterocycles. The second-order valence-corrected chi connectivity index (χ2v) is 9.44. The third-order valence-corrected chi connectivity index (χ3v) is 6.73. The highest BCUT2D eigenvalue weighted by Crippen LogP contribution is 2.31. The van der Waals surface area contributed by atoms with Crippen molar-refractivity contribution in [3.05, 3.63) is 112 Å². The number of anilines is 1. The summed E-state index contributed by atoms with van der Waals surface area (Å²) in [5.74, 6) is 1.68. The molecule has 8 heteroatoms. The van der Waals surface area contributed by atoms with Gasteiger partial charge in [-0.25, -0.2) is 5.43 Å². The molecule has 0 saturated carbocycles. The van der Waals surface area contributed by atoms with Crippen molar-refractivity contribution >= 4 is 39.1 Å². The number of nitrogens with one attached hydrogen (secondary N) is 2. The van der Waals surface area contributed by atoms with Crippen LogP contribution in [-0.2, 0) is 6.42 Å². The molecule has 1 aliphatic carbocycles. The average Bonchev–Trinajstić information content (AvgIpc) is 3.26. The zero-order chi connectivity index (χ0) is 25.8. The second-order valence-electron chi connectivity index (χ2n) is 8.58. The summed E-state index contributed by atoms with van der Waals surface area (Å²) < 4.78 is 12.5. The van der Waals surface area contributed by atoms with Gasteiger partial charge in [-0.15, -0.1) is 0 Å². The van der Waals surface area contributed by atoms with Gasteiger partial charge in [-0.2, -0.15) is 5.10 Å². The van der Waals surface area contributed by atoms with Crippen molar-refractivity contribution in [2.45, 2.75) is 26.2 Å². The van der Waals surface area contributed by atoms with E-state index in [4.69, 9.17) is 9.15 Å². The largest absolute Gasteiger partial charge is 0.457 e. The van der Waals surface area contributed by atoms with Crippen LogP contribution in [0.5, 0.6) is 11.5 Å². The number of ether oxygens (including phenoxy) is 1. The van der Waals surface area contributed by atoms with E-state index in [0.29, 0.717) is 51.4 Å². The molecule has 3 aromatic carbocycles. The molecule has 1 aromatic heterocycles. The van der Waals surface area contributed by atoms with E-state index >= 15 is 0 Å². The number of furan rings is 1. The third-order valence-electron chi connectivity index (χ3n) is 6.03. The molecule has 0 unspecified atom stereocenters. The van der Waals surface area contributed by atoms with Crippen LogP contribution in [0.15, 0.2) is 92.9 Å². The Kier molecular flexibility index (Phi) is 7.18. The van der Waals surface area contributed by atoms with Gasteiger partial charge in [0.05, 0.1) is 11.3 Å². The quantitative estimate of drug-likeness (QED) is 0.253. The number of hydrazone groups is 1. The summed E-state index contributed by atoms with van der Waals surface area (Å²) in [5, 5.41) is 7.28. The minimum absolute atomic E-state index is 0.237. The van der Waals surface area contributed by atoms with Crippen LogP contribution >= 0.6 is 15.9 Å². The zero-order valence-corrected chi connectivity index (χ0v) is 21.7. The van der Waals surface area contributed by atoms with Gasteiger partial charge in [0.15, 0.2) is 5.76 Å². The highest BCUT2D eigenvalue weighted by Gasteiger charge is 2.28. The van der Waals surface area contributed by atoms with Crippen LogP contribution in [0.25, 0.3) is 0 Å². The number of carbonyl (C=O) groups is 2. The predicted octanol–water partition coefficient (Wildman–Crippen LogP) is 6.87. The molecule has 0 atom stereocenters. The lowest BCUT2D eigenvalue weighted by atomic mass is 9.93. The Bertz CT molecular complexity index is 1480. The van der Waals surface area contributed by atoms with E-state index < -0.39 is 0 Å². The standard InChI is InChI=1S/C29H24BrN3O4/c1-18-26-24(32-33-28(34)22-10-5-6-11-23(22)30)12-7-13-25(26)37-27(18)29(35)31-19-14-16-21(17-15-19)36-20-8-3-2-4-9-20/h2-6,8-11,14-17H,7,12-13H2,1H3,(H,31,35)(H,33,34)/b32-24+. The van der Waals surface area contributed by atoms with Crippen LogP contribution in [0, 0.1) is 6.92 Å². The number of nitrogens with zero attached hydrogens (tertiary/aromatic N) is 1. The molecule has 4 aromatic rings. The van der Waals surface area contributed by atoms with Crippen molar-refractivity contribution in [3.8, 4) is 11.5 Å². The average molecular weight is 558 g/mol. The first-order valence-electron chi connectivity index (χ1n) is 11.9. The highest BCUT2D eigenvalue weighted by atomic mass is 79.9. The molecule has 0 aliphatic heterocycles. The first-order chi connectivity index (χ1) is 18.0. The van der Waals surface area contributed by atoms with Crippen LogP contribution in [-0.4, -0.2) is 17.5 Å². The number of halogens is 1. The molecule has 0 bridgehead atoms. The van der Waals surface area contributed by atoms with Gasteiger partial charge in [0.2, 0.25) is 0 Å². The second kappa shape index (κ2) is 10.8. The van der Waals surface area contributed by atoms with Crippen LogP contribution < -0.4 is 15.5 Å². The van der Waals surface area contributed by atoms with E-state index in [1.54, 1.807) is 42.5 Å². The fourth-order valence-corrected chi connectivity index (χ4v) is 4.70. The molecule has 2 N–H and O–H groups in total. The molecule has 186 valence electrons. The Balaban J connectivity index is 1.30. The Labute approximate surface area is 222 Å². The fraction of sp³-hybridized carbons (Fsp3) is 0.138. The lowest BCUT2D eigenvalue weighted by molar-refractivity contribution is 0.0952. The van der Waals surface area contributed by atoms with E-state index in [-0.39, 0.29) is 17.6 Å². The summed E-state index contributed by atoms with van der Waals surface area (Å²) in [4.78, 5) is 25.7. The van der Waals surface area contributed by atoms with E-state index in [0.717, 1.165) is 17.7 Å². The van der Waals surface area contributed by atoms with Gasteiger partial charge >= 0.3 is 0 Å². The molecule has 37 heavy (non-hydrogen) atoms. The highest BCUT2D eigenvalue weighted by molar-refractivity contribution is 9.10. The number of carbonyl (C=O) groups excluding carboxylic acids is 2. The number of hydrogen-bond donors (Lipinski definition) is 2. The van der Waals surface area contributed by atoms with Gasteiger partial charge in [-0.1, -0.05) is 30.3 Å². The van der Waals surface area contributed by atoms with E-state index in [2.05, 4.69) is 31.8 Å². The van der Waals surface area contributed by atoms with E-state index in [1.165, 1.54) is 0 Å². The molecule has 1 heterocycles. The minimum atomic E-state index is -0.347. The van der Waals surface area contributed by atoms with Crippen LogP contribution in [0.3, 0.4) is 0 Å². The maximum absolute atomic E-state index is 13.1. The topological polar surface area (TPSA) is 92.9 Å². The van der Waals surface area contributed by atoms with Gasteiger partial charge in [0.1, 0.15) is 17.3 Å². The summed E-state index contributed by atoms with van der Waals surface area (Å²) in [6, 6.07) is 23.8. The number of hydrogen-bond acceptors (Lipinski definition) is 5. The van der Waals surface area contributed by atoms with Crippen LogP contribution in [0.1, 0.15) is 50.6 Å². The third kappa shape index (κ3) is 5.49. The molecule has 0 fully saturated rings. The predicted molar refractivity (Wildman–Crippen MR) is 145 cm³/mol. The molecular formula is C29H24BrN3O4. The number of amides is 2. The van der Waals surface area contributed by atoms with Crippen molar-refractivity contribution in [3.63, 3.8) is 0 Å². The Morgan fingerprint density at radius 3 is 2.35 bits per heavy atom. The Hall–Kier alpha value is -4.17. The first kappa shape index (κ1) is 24.5. The zero-order valence-electron chi connectivity index (χ0n) is 20.1. The van der Waals surface area contributed by atoms with Crippen molar-refractivity contribution in [1.82, 2.24) is 5.43 Å². The number of fused-ring (bicyclic) bond motifs is 1. The SMILES string of the molecule is Cc1c(C(=O)Nc2ccc(Oc3ccccc3)cc2)oc2c1/C(=N/NC(=O)c1ccccc1Br)CCC2. The molecule has 2 amide bonds. The summed E-state index contributed by atoms with van der Waals surface area (Å²) >= 11 is 3.39. The first-order valence-corrected chi connectivity index (χ1v) is 12.7. The van der Waals surface area contributed by atoms with E-state index in [1.807, 2.05) is 43.3 Å². The normalized spacial score (nSPS) is 13.6. The maximum Gasteiger partial charge on any atom is 0.291 e. The summed E-state index contributed by atoms with van der Waals surface area (Å²) in [6.07, 6.45) is 2.19. The number of aryl methyl sites for hydroxylation is 1. The lowest BCUT2D eigenvalue weighted by Gasteiger charge is -2.13. The molecule has 5 rings (SSSR count). The van der Waals surface area contributed by atoms with Crippen molar-refractivity contribution in [2.75, 3.05) is 5.32 Å². The van der Waals surface area contributed by atoms with Gasteiger partial charge in [0.25, 0.3) is 11.8 Å². The van der Waals surface area contributed by atoms with Crippen LogP contribution in [0.2, 0.25) is 0 Å². The molecule has 0 spiro atoms. The summed E-state index contributed by atoms with van der Waals surface area (Å²) in [5.41, 5.74) is 5.94. The smallest absolute Gasteiger partial charge is 0.291 e. The number of rotatable bonds is 6. The van der Waals surface area contributed by atoms with Gasteiger partial charge < -0.3 is 14.5 Å².